The average molecular weight is 421 g/mol. The molecule has 1 saturated heterocycles. The Morgan fingerprint density at radius 2 is 1.29 bits per heavy atom. The summed E-state index contributed by atoms with van der Waals surface area (Å²) in [4.78, 5) is 2.44. The molecule has 0 spiro atoms. The third-order valence-electron chi connectivity index (χ3n) is 6.08. The van der Waals surface area contributed by atoms with Crippen LogP contribution in [0.4, 0.5) is 13.2 Å². The second-order valence-corrected chi connectivity index (χ2v) is 7.90. The second-order valence-electron chi connectivity index (χ2n) is 7.90. The molecular formula is C25H22F3N3. The van der Waals surface area contributed by atoms with Crippen LogP contribution in [0.3, 0.4) is 0 Å². The molecule has 0 saturated carbocycles. The van der Waals surface area contributed by atoms with Crippen LogP contribution in [0, 0.1) is 0 Å². The third-order valence-corrected chi connectivity index (χ3v) is 6.08. The maximum absolute atomic E-state index is 13.2. The fourth-order valence-corrected chi connectivity index (χ4v) is 4.62. The standard InChI is InChI=1S/C25H22F3N3/c26-25(27,28)23-12-6-1-7-18(23)17-29-31-15-13-30(14-16-31)24-21-10-4-2-8-19(21)20-9-3-5-11-22(20)24/h1-12,17,24H,13-16H2/b29-17+. The van der Waals surface area contributed by atoms with E-state index in [2.05, 4.69) is 58.5 Å². The van der Waals surface area contributed by atoms with E-state index in [1.54, 1.807) is 6.07 Å². The molecule has 3 aromatic rings. The van der Waals surface area contributed by atoms with Gasteiger partial charge in [-0.3, -0.25) is 9.91 Å². The van der Waals surface area contributed by atoms with Gasteiger partial charge < -0.3 is 0 Å². The van der Waals surface area contributed by atoms with Gasteiger partial charge in [0.2, 0.25) is 0 Å². The molecule has 0 N–H and O–H groups in total. The molecule has 5 rings (SSSR count). The number of halogens is 3. The van der Waals surface area contributed by atoms with Crippen LogP contribution in [-0.2, 0) is 6.18 Å². The lowest BCUT2D eigenvalue weighted by Gasteiger charge is -2.37. The van der Waals surface area contributed by atoms with Crippen molar-refractivity contribution in [2.45, 2.75) is 12.2 Å². The van der Waals surface area contributed by atoms with Crippen LogP contribution in [0.5, 0.6) is 0 Å². The normalized spacial score (nSPS) is 17.2. The number of hydrogen-bond donors (Lipinski definition) is 0. The van der Waals surface area contributed by atoms with Gasteiger partial charge in [-0.1, -0.05) is 66.7 Å². The smallest absolute Gasteiger partial charge is 0.294 e. The van der Waals surface area contributed by atoms with Gasteiger partial charge in [0, 0.05) is 31.7 Å². The summed E-state index contributed by atoms with van der Waals surface area (Å²) < 4.78 is 39.6. The Morgan fingerprint density at radius 1 is 0.742 bits per heavy atom. The van der Waals surface area contributed by atoms with Gasteiger partial charge in [0.15, 0.2) is 0 Å². The van der Waals surface area contributed by atoms with E-state index in [1.807, 2.05) is 5.01 Å². The molecule has 2 aliphatic rings. The molecule has 1 fully saturated rings. The van der Waals surface area contributed by atoms with Crippen LogP contribution < -0.4 is 0 Å². The molecule has 0 atom stereocenters. The lowest BCUT2D eigenvalue weighted by Crippen LogP contribution is -2.45. The monoisotopic (exact) mass is 421 g/mol. The number of rotatable bonds is 3. The first kappa shape index (κ1) is 19.8. The molecule has 158 valence electrons. The molecule has 3 aromatic carbocycles. The number of nitrogens with zero attached hydrogens (tertiary/aromatic N) is 3. The van der Waals surface area contributed by atoms with Gasteiger partial charge >= 0.3 is 6.18 Å². The second kappa shape index (κ2) is 7.85. The molecule has 0 radical (unpaired) electrons. The van der Waals surface area contributed by atoms with E-state index in [0.29, 0.717) is 13.1 Å². The summed E-state index contributed by atoms with van der Waals surface area (Å²) in [5, 5.41) is 6.22. The zero-order valence-corrected chi connectivity index (χ0v) is 16.9. The number of hydrazone groups is 1. The van der Waals surface area contributed by atoms with Crippen LogP contribution in [0.15, 0.2) is 77.9 Å². The Kier molecular flexibility index (Phi) is 5.02. The predicted molar refractivity (Wildman–Crippen MR) is 116 cm³/mol. The topological polar surface area (TPSA) is 18.8 Å². The largest absolute Gasteiger partial charge is 0.417 e. The Hall–Kier alpha value is -3.12. The number of benzene rings is 3. The molecule has 31 heavy (non-hydrogen) atoms. The predicted octanol–water partition coefficient (Wildman–Crippen LogP) is 5.43. The first-order valence-electron chi connectivity index (χ1n) is 10.4. The highest BCUT2D eigenvalue weighted by atomic mass is 19.4. The summed E-state index contributed by atoms with van der Waals surface area (Å²) in [6, 6.07) is 22.8. The van der Waals surface area contributed by atoms with Gasteiger partial charge in [0.1, 0.15) is 0 Å². The minimum absolute atomic E-state index is 0.0936. The maximum atomic E-state index is 13.2. The van der Waals surface area contributed by atoms with Gasteiger partial charge in [-0.2, -0.15) is 18.3 Å². The Bertz CT molecular complexity index is 1070. The van der Waals surface area contributed by atoms with E-state index in [1.165, 1.54) is 40.6 Å². The number of fused-ring (bicyclic) bond motifs is 3. The molecule has 1 heterocycles. The van der Waals surface area contributed by atoms with E-state index in [4.69, 9.17) is 0 Å². The van der Waals surface area contributed by atoms with Gasteiger partial charge in [-0.05, 0) is 28.3 Å². The van der Waals surface area contributed by atoms with Crippen LogP contribution in [0.2, 0.25) is 0 Å². The van der Waals surface area contributed by atoms with Crippen molar-refractivity contribution in [3.05, 3.63) is 95.1 Å². The minimum atomic E-state index is -4.38. The van der Waals surface area contributed by atoms with Crippen molar-refractivity contribution < 1.29 is 13.2 Å². The fourth-order valence-electron chi connectivity index (χ4n) is 4.62. The highest BCUT2D eigenvalue weighted by Gasteiger charge is 2.34. The van der Waals surface area contributed by atoms with E-state index in [-0.39, 0.29) is 11.6 Å². The van der Waals surface area contributed by atoms with E-state index in [0.717, 1.165) is 19.2 Å². The van der Waals surface area contributed by atoms with Crippen molar-refractivity contribution in [3.63, 3.8) is 0 Å². The van der Waals surface area contributed by atoms with Crippen LogP contribution in [-0.4, -0.2) is 42.3 Å². The average Bonchev–Trinajstić information content (AvgIpc) is 3.12. The van der Waals surface area contributed by atoms with Gasteiger partial charge in [-0.25, -0.2) is 0 Å². The molecule has 0 bridgehead atoms. The molecule has 1 aliphatic heterocycles. The molecule has 0 aromatic heterocycles. The highest BCUT2D eigenvalue weighted by Crippen LogP contribution is 2.46. The number of piperazine rings is 1. The lowest BCUT2D eigenvalue weighted by atomic mass is 10.0. The lowest BCUT2D eigenvalue weighted by molar-refractivity contribution is -0.137. The van der Waals surface area contributed by atoms with Crippen LogP contribution >= 0.6 is 0 Å². The molecule has 6 heteroatoms. The quantitative estimate of drug-likeness (QED) is 0.526. The van der Waals surface area contributed by atoms with Crippen molar-refractivity contribution in [3.8, 4) is 11.1 Å². The minimum Gasteiger partial charge on any atom is -0.294 e. The van der Waals surface area contributed by atoms with Gasteiger partial charge in [0.25, 0.3) is 0 Å². The summed E-state index contributed by atoms with van der Waals surface area (Å²) >= 11 is 0. The van der Waals surface area contributed by atoms with Crippen molar-refractivity contribution in [1.29, 1.82) is 0 Å². The summed E-state index contributed by atoms with van der Waals surface area (Å²) in [5.41, 5.74) is 4.65. The highest BCUT2D eigenvalue weighted by molar-refractivity contribution is 5.82. The van der Waals surface area contributed by atoms with Crippen molar-refractivity contribution in [2.24, 2.45) is 5.10 Å². The molecule has 1 aliphatic carbocycles. The third kappa shape index (κ3) is 3.72. The van der Waals surface area contributed by atoms with Gasteiger partial charge in [0.05, 0.1) is 17.8 Å². The summed E-state index contributed by atoms with van der Waals surface area (Å²) in [6.45, 7) is 2.94. The van der Waals surface area contributed by atoms with Crippen molar-refractivity contribution >= 4 is 6.21 Å². The maximum Gasteiger partial charge on any atom is 0.417 e. The zero-order valence-electron chi connectivity index (χ0n) is 16.9. The van der Waals surface area contributed by atoms with E-state index < -0.39 is 11.7 Å². The first-order chi connectivity index (χ1) is 15.0. The van der Waals surface area contributed by atoms with Crippen molar-refractivity contribution in [2.75, 3.05) is 26.2 Å². The Morgan fingerprint density at radius 3 is 1.90 bits per heavy atom. The summed E-state index contributed by atoms with van der Waals surface area (Å²) in [5.74, 6) is 0. The molecule has 3 nitrogen and oxygen atoms in total. The number of alkyl halides is 3. The molecule has 0 amide bonds. The van der Waals surface area contributed by atoms with Crippen molar-refractivity contribution in [1.82, 2.24) is 9.91 Å². The van der Waals surface area contributed by atoms with Crippen LogP contribution in [0.1, 0.15) is 28.3 Å². The first-order valence-corrected chi connectivity index (χ1v) is 10.4. The van der Waals surface area contributed by atoms with Gasteiger partial charge in [-0.15, -0.1) is 0 Å². The Balaban J connectivity index is 1.32. The van der Waals surface area contributed by atoms with Crippen LogP contribution in [0.25, 0.3) is 11.1 Å². The van der Waals surface area contributed by atoms with E-state index >= 15 is 0 Å². The van der Waals surface area contributed by atoms with E-state index in [9.17, 15) is 13.2 Å². The fraction of sp³-hybridized carbons (Fsp3) is 0.240. The summed E-state index contributed by atoms with van der Waals surface area (Å²) in [6.07, 6.45) is -3.05. The summed E-state index contributed by atoms with van der Waals surface area (Å²) in [7, 11) is 0. The molecular weight excluding hydrogens is 399 g/mol. The SMILES string of the molecule is FC(F)(F)c1ccccc1/C=N/N1CCN(C2c3ccccc3-c3ccccc32)CC1. The zero-order chi connectivity index (χ0) is 21.4. The molecule has 0 unspecified atom stereocenters. The Labute approximate surface area is 179 Å². The number of hydrogen-bond acceptors (Lipinski definition) is 3.